The number of pyridine rings is 1. The summed E-state index contributed by atoms with van der Waals surface area (Å²) in [6.07, 6.45) is 9.54. The van der Waals surface area contributed by atoms with Crippen LogP contribution in [0.1, 0.15) is 52.1 Å². The van der Waals surface area contributed by atoms with E-state index in [4.69, 9.17) is 0 Å². The van der Waals surface area contributed by atoms with Gasteiger partial charge in [-0.15, -0.1) is 10.2 Å². The molecule has 144 valence electrons. The fourth-order valence-electron chi connectivity index (χ4n) is 3.53. The SMILES string of the molecule is CC(Sc1nncn1C)c1cccc(NC(=O)c2cncc3c2CCCC3)c1. The van der Waals surface area contributed by atoms with Gasteiger partial charge in [0.05, 0.1) is 5.56 Å². The predicted molar refractivity (Wildman–Crippen MR) is 111 cm³/mol. The van der Waals surface area contributed by atoms with E-state index in [2.05, 4.69) is 33.5 Å². The van der Waals surface area contributed by atoms with Crippen molar-refractivity contribution in [3.8, 4) is 0 Å². The Morgan fingerprint density at radius 2 is 2.11 bits per heavy atom. The Labute approximate surface area is 168 Å². The van der Waals surface area contributed by atoms with E-state index in [0.29, 0.717) is 5.56 Å². The fraction of sp³-hybridized carbons (Fsp3) is 0.333. The van der Waals surface area contributed by atoms with Crippen LogP contribution in [0.4, 0.5) is 5.69 Å². The molecular formula is C21H23N5OS. The Morgan fingerprint density at radius 1 is 1.25 bits per heavy atom. The minimum Gasteiger partial charge on any atom is -0.322 e. The number of amides is 1. The molecule has 0 saturated heterocycles. The Morgan fingerprint density at radius 3 is 2.93 bits per heavy atom. The summed E-state index contributed by atoms with van der Waals surface area (Å²) in [5.41, 5.74) is 4.98. The Bertz CT molecular complexity index is 1000. The summed E-state index contributed by atoms with van der Waals surface area (Å²) in [7, 11) is 1.93. The maximum absolute atomic E-state index is 12.9. The quantitative estimate of drug-likeness (QED) is 0.658. The number of hydrogen-bond donors (Lipinski definition) is 1. The third kappa shape index (κ3) is 3.94. The summed E-state index contributed by atoms with van der Waals surface area (Å²) in [6.45, 7) is 2.12. The van der Waals surface area contributed by atoms with Crippen LogP contribution in [0.3, 0.4) is 0 Å². The van der Waals surface area contributed by atoms with E-state index in [1.165, 1.54) is 12.0 Å². The molecule has 0 bridgehead atoms. The monoisotopic (exact) mass is 393 g/mol. The molecule has 0 spiro atoms. The van der Waals surface area contributed by atoms with E-state index in [9.17, 15) is 4.79 Å². The summed E-state index contributed by atoms with van der Waals surface area (Å²) in [5, 5.41) is 12.2. The molecule has 1 aliphatic rings. The number of fused-ring (bicyclic) bond motifs is 1. The second kappa shape index (κ2) is 8.14. The van der Waals surface area contributed by atoms with Crippen molar-refractivity contribution in [3.05, 3.63) is 65.2 Å². The molecule has 28 heavy (non-hydrogen) atoms. The van der Waals surface area contributed by atoms with Gasteiger partial charge in [-0.2, -0.15) is 0 Å². The van der Waals surface area contributed by atoms with E-state index in [1.807, 2.05) is 36.0 Å². The number of thioether (sulfide) groups is 1. The van der Waals surface area contributed by atoms with Gasteiger partial charge in [0, 0.05) is 30.4 Å². The number of rotatable bonds is 5. The van der Waals surface area contributed by atoms with Crippen LogP contribution in [0.25, 0.3) is 0 Å². The maximum Gasteiger partial charge on any atom is 0.257 e. The van der Waals surface area contributed by atoms with Crippen molar-refractivity contribution < 1.29 is 4.79 Å². The molecule has 0 fully saturated rings. The predicted octanol–water partition coefficient (Wildman–Crippen LogP) is 4.19. The number of hydrogen-bond acceptors (Lipinski definition) is 5. The first-order valence-corrected chi connectivity index (χ1v) is 10.4. The first kappa shape index (κ1) is 18.7. The van der Waals surface area contributed by atoms with Gasteiger partial charge in [0.15, 0.2) is 5.16 Å². The highest BCUT2D eigenvalue weighted by atomic mass is 32.2. The molecule has 6 nitrogen and oxygen atoms in total. The lowest BCUT2D eigenvalue weighted by Gasteiger charge is -2.18. The lowest BCUT2D eigenvalue weighted by molar-refractivity contribution is 0.102. The zero-order valence-electron chi connectivity index (χ0n) is 16.1. The second-order valence-corrected chi connectivity index (χ2v) is 8.40. The van der Waals surface area contributed by atoms with E-state index in [1.54, 1.807) is 24.3 Å². The van der Waals surface area contributed by atoms with Gasteiger partial charge in [-0.1, -0.05) is 23.9 Å². The fourth-order valence-corrected chi connectivity index (χ4v) is 4.43. The van der Waals surface area contributed by atoms with Crippen LogP contribution in [-0.4, -0.2) is 25.7 Å². The first-order chi connectivity index (χ1) is 13.6. The number of nitrogens with zero attached hydrogens (tertiary/aromatic N) is 4. The number of aryl methyl sites for hydroxylation is 2. The molecule has 1 aliphatic carbocycles. The van der Waals surface area contributed by atoms with Gasteiger partial charge in [-0.25, -0.2) is 0 Å². The molecule has 0 saturated carbocycles. The van der Waals surface area contributed by atoms with Crippen molar-refractivity contribution in [2.75, 3.05) is 5.32 Å². The smallest absolute Gasteiger partial charge is 0.257 e. The third-order valence-electron chi connectivity index (χ3n) is 5.08. The highest BCUT2D eigenvalue weighted by Gasteiger charge is 2.19. The zero-order chi connectivity index (χ0) is 19.5. The van der Waals surface area contributed by atoms with Crippen LogP contribution >= 0.6 is 11.8 Å². The summed E-state index contributed by atoms with van der Waals surface area (Å²) >= 11 is 1.64. The number of aromatic nitrogens is 4. The van der Waals surface area contributed by atoms with Crippen LogP contribution in [0.2, 0.25) is 0 Å². The molecule has 1 atom stereocenters. The van der Waals surface area contributed by atoms with E-state index < -0.39 is 0 Å². The molecule has 0 radical (unpaired) electrons. The van der Waals surface area contributed by atoms with Crippen LogP contribution in [0.15, 0.2) is 48.1 Å². The molecule has 3 aromatic rings. The van der Waals surface area contributed by atoms with Crippen molar-refractivity contribution in [1.82, 2.24) is 19.7 Å². The van der Waals surface area contributed by atoms with Crippen molar-refractivity contribution in [2.24, 2.45) is 7.05 Å². The van der Waals surface area contributed by atoms with Gasteiger partial charge < -0.3 is 9.88 Å². The first-order valence-electron chi connectivity index (χ1n) is 9.49. The normalized spacial score (nSPS) is 14.4. The Kier molecular flexibility index (Phi) is 5.43. The molecule has 1 unspecified atom stereocenters. The number of carbonyl (C=O) groups excluding carboxylic acids is 1. The molecule has 2 heterocycles. The van der Waals surface area contributed by atoms with Gasteiger partial charge >= 0.3 is 0 Å². The van der Waals surface area contributed by atoms with Gasteiger partial charge in [0.25, 0.3) is 5.91 Å². The van der Waals surface area contributed by atoms with Crippen molar-refractivity contribution in [2.45, 2.75) is 43.0 Å². The minimum atomic E-state index is -0.0861. The highest BCUT2D eigenvalue weighted by molar-refractivity contribution is 7.99. The molecule has 1 aromatic carbocycles. The number of anilines is 1. The number of carbonyl (C=O) groups is 1. The van der Waals surface area contributed by atoms with Crippen LogP contribution < -0.4 is 5.32 Å². The molecule has 7 heteroatoms. The van der Waals surface area contributed by atoms with Gasteiger partial charge in [0.1, 0.15) is 6.33 Å². The van der Waals surface area contributed by atoms with Crippen LogP contribution in [0, 0.1) is 0 Å². The molecule has 0 aliphatic heterocycles. The minimum absolute atomic E-state index is 0.0861. The molecule has 4 rings (SSSR count). The molecular weight excluding hydrogens is 370 g/mol. The number of nitrogens with one attached hydrogen (secondary N) is 1. The van der Waals surface area contributed by atoms with Crippen molar-refractivity contribution in [1.29, 1.82) is 0 Å². The van der Waals surface area contributed by atoms with Crippen molar-refractivity contribution in [3.63, 3.8) is 0 Å². The average Bonchev–Trinajstić information content (AvgIpc) is 3.12. The van der Waals surface area contributed by atoms with Crippen LogP contribution in [0.5, 0.6) is 0 Å². The number of benzene rings is 1. The van der Waals surface area contributed by atoms with Gasteiger partial charge in [0.2, 0.25) is 0 Å². The van der Waals surface area contributed by atoms with Gasteiger partial charge in [-0.05, 0) is 61.4 Å². The second-order valence-electron chi connectivity index (χ2n) is 7.10. The Balaban J connectivity index is 1.51. The lowest BCUT2D eigenvalue weighted by Crippen LogP contribution is -2.17. The summed E-state index contributed by atoms with van der Waals surface area (Å²) in [4.78, 5) is 17.2. The average molecular weight is 394 g/mol. The van der Waals surface area contributed by atoms with Gasteiger partial charge in [-0.3, -0.25) is 9.78 Å². The standard InChI is InChI=1S/C21H23N5OS/c1-14(28-21-25-23-13-26(21)2)15-7-5-8-17(10-15)24-20(27)19-12-22-11-16-6-3-4-9-18(16)19/h5,7-8,10-14H,3-4,6,9H2,1-2H3,(H,24,27). The van der Waals surface area contributed by atoms with Crippen LogP contribution in [-0.2, 0) is 19.9 Å². The van der Waals surface area contributed by atoms with E-state index in [0.717, 1.165) is 41.2 Å². The summed E-state index contributed by atoms with van der Waals surface area (Å²) in [5.74, 6) is -0.0861. The largest absolute Gasteiger partial charge is 0.322 e. The van der Waals surface area contributed by atoms with Crippen molar-refractivity contribution >= 4 is 23.4 Å². The highest BCUT2D eigenvalue weighted by Crippen LogP contribution is 2.34. The van der Waals surface area contributed by atoms with E-state index >= 15 is 0 Å². The third-order valence-corrected chi connectivity index (χ3v) is 6.29. The van der Waals surface area contributed by atoms with E-state index in [-0.39, 0.29) is 11.2 Å². The summed E-state index contributed by atoms with van der Waals surface area (Å²) < 4.78 is 1.90. The molecule has 2 aromatic heterocycles. The topological polar surface area (TPSA) is 72.7 Å². The zero-order valence-corrected chi connectivity index (χ0v) is 16.9. The summed E-state index contributed by atoms with van der Waals surface area (Å²) in [6, 6.07) is 7.98. The lowest BCUT2D eigenvalue weighted by atomic mass is 9.90. The molecule has 1 N–H and O–H groups in total. The Hall–Kier alpha value is -2.67. The molecule has 1 amide bonds. The maximum atomic E-state index is 12.9.